The van der Waals surface area contributed by atoms with Gasteiger partial charge in [0.1, 0.15) is 0 Å². The van der Waals surface area contributed by atoms with E-state index in [9.17, 15) is 0 Å². The first-order valence-electron chi connectivity index (χ1n) is 4.86. The van der Waals surface area contributed by atoms with Gasteiger partial charge in [-0.15, -0.1) is 0 Å². The van der Waals surface area contributed by atoms with E-state index in [-0.39, 0.29) is 11.8 Å². The second kappa shape index (κ2) is 7.32. The zero-order valence-corrected chi connectivity index (χ0v) is 11.4. The third kappa shape index (κ3) is 3.23. The molecule has 0 bridgehead atoms. The lowest BCUT2D eigenvalue weighted by molar-refractivity contribution is -0.118. The van der Waals surface area contributed by atoms with Gasteiger partial charge in [-0.25, -0.2) is 0 Å². The Kier molecular flexibility index (Phi) is 7.32. The van der Waals surface area contributed by atoms with E-state index in [1.165, 1.54) is 0 Å². The Balaban J connectivity index is 4.86. The van der Waals surface area contributed by atoms with Gasteiger partial charge in [-0.05, 0) is 6.42 Å². The number of methoxy groups -OCH3 is 2. The van der Waals surface area contributed by atoms with Gasteiger partial charge in [-0.2, -0.15) is 0 Å². The maximum Gasteiger partial charge on any atom is 0.508 e. The number of hydrogen-bond acceptors (Lipinski definition) is 5. The van der Waals surface area contributed by atoms with Crippen LogP contribution in [0.15, 0.2) is 0 Å². The predicted molar refractivity (Wildman–Crippen MR) is 58.6 cm³/mol. The molecule has 0 radical (unpaired) electrons. The summed E-state index contributed by atoms with van der Waals surface area (Å²) >= 11 is 0. The third-order valence-electron chi connectivity index (χ3n) is 2.54. The van der Waals surface area contributed by atoms with Crippen LogP contribution >= 0.6 is 0 Å². The third-order valence-corrected chi connectivity index (χ3v) is 5.84. The van der Waals surface area contributed by atoms with Crippen LogP contribution in [-0.2, 0) is 22.8 Å². The molecule has 0 saturated heterocycles. The van der Waals surface area contributed by atoms with Crippen molar-refractivity contribution in [2.75, 3.05) is 35.5 Å². The van der Waals surface area contributed by atoms with E-state index in [1.807, 2.05) is 6.92 Å². The minimum atomic E-state index is -2.70. The lowest BCUT2D eigenvalue weighted by Crippen LogP contribution is -2.52. The van der Waals surface area contributed by atoms with Gasteiger partial charge in [0.2, 0.25) is 0 Å². The van der Waals surface area contributed by atoms with Gasteiger partial charge in [0, 0.05) is 35.5 Å². The number of ether oxygens (including phenoxy) is 2. The van der Waals surface area contributed by atoms with E-state index in [0.29, 0.717) is 0 Å². The molecule has 0 saturated carbocycles. The molecule has 0 aliphatic heterocycles. The van der Waals surface area contributed by atoms with E-state index in [4.69, 9.17) is 22.8 Å². The molecule has 0 fully saturated rings. The largest absolute Gasteiger partial charge is 0.508 e. The smallest absolute Gasteiger partial charge is 0.377 e. The van der Waals surface area contributed by atoms with Gasteiger partial charge in [-0.1, -0.05) is 6.92 Å². The number of hydrogen-bond donors (Lipinski definition) is 0. The van der Waals surface area contributed by atoms with Crippen molar-refractivity contribution in [1.82, 2.24) is 0 Å². The Morgan fingerprint density at radius 2 is 1.27 bits per heavy atom. The first-order chi connectivity index (χ1) is 7.15. The molecule has 6 heteroatoms. The second-order valence-electron chi connectivity index (χ2n) is 3.07. The minimum absolute atomic E-state index is 0.0347. The van der Waals surface area contributed by atoms with Crippen molar-refractivity contribution in [3.63, 3.8) is 0 Å². The average Bonchev–Trinajstić information content (AvgIpc) is 2.30. The fourth-order valence-corrected chi connectivity index (χ4v) is 4.25. The van der Waals surface area contributed by atoms with Crippen LogP contribution in [0.1, 0.15) is 13.3 Å². The van der Waals surface area contributed by atoms with E-state index >= 15 is 0 Å². The monoisotopic (exact) mass is 238 g/mol. The summed E-state index contributed by atoms with van der Waals surface area (Å²) in [5, 5.41) is 0. The lowest BCUT2D eigenvalue weighted by Gasteiger charge is -2.35. The molecule has 1 unspecified atom stereocenters. The molecule has 1 atom stereocenters. The van der Waals surface area contributed by atoms with Crippen LogP contribution in [0.3, 0.4) is 0 Å². The quantitative estimate of drug-likeness (QED) is 0.470. The highest BCUT2D eigenvalue weighted by molar-refractivity contribution is 6.62. The molecule has 0 rings (SSSR count). The first-order valence-corrected chi connectivity index (χ1v) is 6.66. The van der Waals surface area contributed by atoms with Crippen molar-refractivity contribution in [2.24, 2.45) is 0 Å². The number of rotatable bonds is 8. The van der Waals surface area contributed by atoms with Gasteiger partial charge in [0.05, 0.1) is 5.54 Å². The Morgan fingerprint density at radius 3 is 1.47 bits per heavy atom. The Bertz CT molecular complexity index is 150. The highest BCUT2D eigenvalue weighted by atomic mass is 28.4. The van der Waals surface area contributed by atoms with Crippen molar-refractivity contribution in [3.8, 4) is 0 Å². The fourth-order valence-electron chi connectivity index (χ4n) is 1.74. The van der Waals surface area contributed by atoms with Crippen LogP contribution in [0.25, 0.3) is 0 Å². The normalized spacial score (nSPS) is 14.6. The van der Waals surface area contributed by atoms with Crippen LogP contribution in [0.4, 0.5) is 0 Å². The van der Waals surface area contributed by atoms with Gasteiger partial charge < -0.3 is 22.8 Å². The van der Waals surface area contributed by atoms with Gasteiger partial charge in [0.15, 0.2) is 6.29 Å². The van der Waals surface area contributed by atoms with Gasteiger partial charge in [-0.3, -0.25) is 0 Å². The SMILES string of the molecule is CCC(C(OC)OC)[Si](OC)(OC)OC. The van der Waals surface area contributed by atoms with Crippen molar-refractivity contribution in [3.05, 3.63) is 0 Å². The summed E-state index contributed by atoms with van der Waals surface area (Å²) in [5.74, 6) is 0. The molecule has 0 aliphatic rings. The molecular weight excluding hydrogens is 216 g/mol. The van der Waals surface area contributed by atoms with E-state index in [2.05, 4.69) is 0 Å². The van der Waals surface area contributed by atoms with Crippen molar-refractivity contribution in [1.29, 1.82) is 0 Å². The molecule has 15 heavy (non-hydrogen) atoms. The Hall–Kier alpha value is 0.0169. The van der Waals surface area contributed by atoms with Crippen molar-refractivity contribution >= 4 is 8.80 Å². The molecule has 0 spiro atoms. The summed E-state index contributed by atoms with van der Waals surface area (Å²) in [4.78, 5) is 0. The molecule has 0 amide bonds. The van der Waals surface area contributed by atoms with Crippen molar-refractivity contribution < 1.29 is 22.8 Å². The molecule has 0 aromatic heterocycles. The maximum absolute atomic E-state index is 5.41. The highest BCUT2D eigenvalue weighted by Crippen LogP contribution is 2.32. The summed E-state index contributed by atoms with van der Waals surface area (Å²) in [6.07, 6.45) is 0.426. The maximum atomic E-state index is 5.41. The van der Waals surface area contributed by atoms with Crippen molar-refractivity contribution in [2.45, 2.75) is 25.2 Å². The molecule has 0 aliphatic carbocycles. The van der Waals surface area contributed by atoms with Crippen LogP contribution in [0.2, 0.25) is 5.54 Å². The Morgan fingerprint density at radius 1 is 0.867 bits per heavy atom. The molecule has 0 aromatic rings. The average molecular weight is 238 g/mol. The lowest BCUT2D eigenvalue weighted by atomic mass is 10.3. The summed E-state index contributed by atoms with van der Waals surface area (Å²) in [5.41, 5.74) is -0.0347. The molecule has 0 aromatic carbocycles. The van der Waals surface area contributed by atoms with Crippen LogP contribution < -0.4 is 0 Å². The molecule has 0 heterocycles. The second-order valence-corrected chi connectivity index (χ2v) is 6.24. The summed E-state index contributed by atoms with van der Waals surface area (Å²) < 4.78 is 26.7. The Labute approximate surface area is 93.0 Å². The zero-order valence-electron chi connectivity index (χ0n) is 10.4. The van der Waals surface area contributed by atoms with E-state index < -0.39 is 8.80 Å². The molecular formula is C9H22O5Si. The zero-order chi connectivity index (χ0) is 11.9. The molecule has 92 valence electrons. The van der Waals surface area contributed by atoms with E-state index in [1.54, 1.807) is 35.5 Å². The highest BCUT2D eigenvalue weighted by Gasteiger charge is 2.50. The molecule has 0 N–H and O–H groups in total. The predicted octanol–water partition coefficient (Wildman–Crippen LogP) is 1.26. The molecule has 5 nitrogen and oxygen atoms in total. The van der Waals surface area contributed by atoms with Gasteiger partial charge in [0.25, 0.3) is 0 Å². The summed E-state index contributed by atoms with van der Waals surface area (Å²) in [6.45, 7) is 2.02. The van der Waals surface area contributed by atoms with Crippen LogP contribution in [0.5, 0.6) is 0 Å². The first kappa shape index (κ1) is 15.0. The standard InChI is InChI=1S/C9H22O5Si/c1-7-8(9(10-2)11-3)15(12-4,13-5)14-6/h8-9H,7H2,1-6H3. The van der Waals surface area contributed by atoms with E-state index in [0.717, 1.165) is 6.42 Å². The summed E-state index contributed by atoms with van der Waals surface area (Å²) in [6, 6.07) is 0. The fraction of sp³-hybridized carbons (Fsp3) is 1.00. The minimum Gasteiger partial charge on any atom is -0.377 e. The van der Waals surface area contributed by atoms with Crippen LogP contribution in [-0.4, -0.2) is 50.6 Å². The van der Waals surface area contributed by atoms with Crippen LogP contribution in [0, 0.1) is 0 Å². The van der Waals surface area contributed by atoms with Gasteiger partial charge >= 0.3 is 8.80 Å². The topological polar surface area (TPSA) is 46.2 Å². The summed E-state index contributed by atoms with van der Waals surface area (Å²) in [7, 11) is 5.25.